The number of likely N-dealkylation sites (N-methyl/N-ethyl adjacent to an activating group) is 1. The zero-order chi connectivity index (χ0) is 13.9. The van der Waals surface area contributed by atoms with E-state index in [-0.39, 0.29) is 6.61 Å². The summed E-state index contributed by atoms with van der Waals surface area (Å²) in [5, 5.41) is 12.3. The van der Waals surface area contributed by atoms with Crippen molar-refractivity contribution in [3.05, 3.63) is 17.8 Å². The first-order chi connectivity index (χ1) is 9.79. The fourth-order valence-electron chi connectivity index (χ4n) is 2.89. The second kappa shape index (κ2) is 6.03. The third-order valence-corrected chi connectivity index (χ3v) is 4.90. The van der Waals surface area contributed by atoms with Gasteiger partial charge in [-0.1, -0.05) is 0 Å². The zero-order valence-electron chi connectivity index (χ0n) is 11.7. The van der Waals surface area contributed by atoms with Crippen LogP contribution in [0.1, 0.15) is 12.8 Å². The monoisotopic (exact) mass is 292 g/mol. The average molecular weight is 292 g/mol. The van der Waals surface area contributed by atoms with E-state index in [1.54, 1.807) is 17.7 Å². The van der Waals surface area contributed by atoms with Crippen molar-refractivity contribution < 1.29 is 5.11 Å². The molecule has 3 heterocycles. The highest BCUT2D eigenvalue weighted by Gasteiger charge is 2.24. The van der Waals surface area contributed by atoms with Gasteiger partial charge in [0.05, 0.1) is 12.0 Å². The first-order valence-corrected chi connectivity index (χ1v) is 7.92. The number of nitrogens with zero attached hydrogens (tertiary/aromatic N) is 4. The van der Waals surface area contributed by atoms with Crippen LogP contribution in [-0.4, -0.2) is 59.3 Å². The number of hydrogen-bond donors (Lipinski definition) is 1. The Morgan fingerprint density at radius 3 is 2.95 bits per heavy atom. The molecule has 1 aliphatic rings. The molecular formula is C14H20N4OS. The van der Waals surface area contributed by atoms with Gasteiger partial charge in [-0.25, -0.2) is 9.97 Å². The fraction of sp³-hybridized carbons (Fsp3) is 0.571. The molecule has 20 heavy (non-hydrogen) atoms. The molecule has 0 aliphatic carbocycles. The van der Waals surface area contributed by atoms with E-state index in [9.17, 15) is 0 Å². The Balaban J connectivity index is 1.70. The smallest absolute Gasteiger partial charge is 0.140 e. The molecule has 0 saturated carbocycles. The summed E-state index contributed by atoms with van der Waals surface area (Å²) < 4.78 is 0. The second-order valence-corrected chi connectivity index (χ2v) is 6.15. The number of aliphatic hydroxyl groups is 1. The third-order valence-electron chi connectivity index (χ3n) is 4.08. The summed E-state index contributed by atoms with van der Waals surface area (Å²) >= 11 is 1.66. The summed E-state index contributed by atoms with van der Waals surface area (Å²) in [4.78, 5) is 14.5. The summed E-state index contributed by atoms with van der Waals surface area (Å²) in [5.74, 6) is 1.07. The summed E-state index contributed by atoms with van der Waals surface area (Å²) in [6.07, 6.45) is 3.90. The van der Waals surface area contributed by atoms with Gasteiger partial charge < -0.3 is 14.9 Å². The maximum Gasteiger partial charge on any atom is 0.140 e. The number of aromatic nitrogens is 2. The van der Waals surface area contributed by atoms with Gasteiger partial charge in [-0.15, -0.1) is 11.3 Å². The van der Waals surface area contributed by atoms with Crippen LogP contribution < -0.4 is 4.90 Å². The predicted octanol–water partition coefficient (Wildman–Crippen LogP) is 1.58. The Morgan fingerprint density at radius 2 is 2.20 bits per heavy atom. The lowest BCUT2D eigenvalue weighted by atomic mass is 10.0. The molecule has 108 valence electrons. The minimum Gasteiger partial charge on any atom is -0.395 e. The molecule has 0 unspecified atom stereocenters. The van der Waals surface area contributed by atoms with E-state index in [0.717, 1.165) is 43.1 Å². The van der Waals surface area contributed by atoms with Gasteiger partial charge in [0.2, 0.25) is 0 Å². The molecule has 6 heteroatoms. The van der Waals surface area contributed by atoms with Crippen molar-refractivity contribution in [2.75, 3.05) is 38.2 Å². The maximum atomic E-state index is 9.02. The largest absolute Gasteiger partial charge is 0.395 e. The molecule has 0 aromatic carbocycles. The highest BCUT2D eigenvalue weighted by molar-refractivity contribution is 7.16. The molecule has 0 amide bonds. The molecule has 2 aromatic heterocycles. The van der Waals surface area contributed by atoms with E-state index >= 15 is 0 Å². The first kappa shape index (κ1) is 13.7. The van der Waals surface area contributed by atoms with Crippen molar-refractivity contribution in [3.63, 3.8) is 0 Å². The van der Waals surface area contributed by atoms with Crippen LogP contribution in [-0.2, 0) is 0 Å². The van der Waals surface area contributed by atoms with Crippen molar-refractivity contribution in [1.29, 1.82) is 0 Å². The third kappa shape index (κ3) is 2.63. The summed E-state index contributed by atoms with van der Waals surface area (Å²) in [6.45, 7) is 3.02. The number of anilines is 1. The number of rotatable bonds is 4. The standard InChI is InChI=1S/C14H20N4OS/c1-17(7-8-19)11-2-5-18(6-3-11)13-12-4-9-20-14(12)16-10-15-13/h4,9-11,19H,2-3,5-8H2,1H3. The highest BCUT2D eigenvalue weighted by atomic mass is 32.1. The molecule has 1 saturated heterocycles. The van der Waals surface area contributed by atoms with E-state index in [0.29, 0.717) is 6.04 Å². The van der Waals surface area contributed by atoms with Crippen LogP contribution in [0.5, 0.6) is 0 Å². The summed E-state index contributed by atoms with van der Waals surface area (Å²) in [7, 11) is 2.10. The second-order valence-electron chi connectivity index (χ2n) is 5.26. The number of thiophene rings is 1. The normalized spacial score (nSPS) is 17.2. The topological polar surface area (TPSA) is 52.5 Å². The van der Waals surface area contributed by atoms with E-state index in [1.165, 1.54) is 5.39 Å². The number of aliphatic hydroxyl groups excluding tert-OH is 1. The summed E-state index contributed by atoms with van der Waals surface area (Å²) in [6, 6.07) is 2.68. The highest BCUT2D eigenvalue weighted by Crippen LogP contribution is 2.29. The maximum absolute atomic E-state index is 9.02. The molecular weight excluding hydrogens is 272 g/mol. The van der Waals surface area contributed by atoms with Gasteiger partial charge in [0, 0.05) is 25.7 Å². The molecule has 0 radical (unpaired) electrons. The lowest BCUT2D eigenvalue weighted by Gasteiger charge is -2.37. The Labute approximate surface area is 122 Å². The summed E-state index contributed by atoms with van der Waals surface area (Å²) in [5.41, 5.74) is 0. The number of fused-ring (bicyclic) bond motifs is 1. The molecule has 0 bridgehead atoms. The van der Waals surface area contributed by atoms with Crippen LogP contribution in [0.25, 0.3) is 10.2 Å². The molecule has 1 fully saturated rings. The molecule has 3 rings (SSSR count). The van der Waals surface area contributed by atoms with E-state index in [2.05, 4.69) is 38.3 Å². The van der Waals surface area contributed by atoms with Gasteiger partial charge in [0.15, 0.2) is 0 Å². The van der Waals surface area contributed by atoms with Gasteiger partial charge in [0.1, 0.15) is 17.0 Å². The van der Waals surface area contributed by atoms with Crippen LogP contribution in [0.3, 0.4) is 0 Å². The van der Waals surface area contributed by atoms with Crippen molar-refractivity contribution in [2.24, 2.45) is 0 Å². The van der Waals surface area contributed by atoms with Crippen LogP contribution in [0.15, 0.2) is 17.8 Å². The lowest BCUT2D eigenvalue weighted by molar-refractivity contribution is 0.161. The van der Waals surface area contributed by atoms with Gasteiger partial charge in [0.25, 0.3) is 0 Å². The molecule has 1 aliphatic heterocycles. The van der Waals surface area contributed by atoms with Gasteiger partial charge >= 0.3 is 0 Å². The van der Waals surface area contributed by atoms with Crippen molar-refractivity contribution in [1.82, 2.24) is 14.9 Å². The Hall–Kier alpha value is -1.24. The van der Waals surface area contributed by atoms with Crippen LogP contribution in [0.4, 0.5) is 5.82 Å². The number of piperidine rings is 1. The van der Waals surface area contributed by atoms with Crippen molar-refractivity contribution in [2.45, 2.75) is 18.9 Å². The predicted molar refractivity (Wildman–Crippen MR) is 82.4 cm³/mol. The van der Waals surface area contributed by atoms with Crippen LogP contribution in [0, 0.1) is 0 Å². The molecule has 0 atom stereocenters. The lowest BCUT2D eigenvalue weighted by Crippen LogP contribution is -2.44. The average Bonchev–Trinajstić information content (AvgIpc) is 2.96. The van der Waals surface area contributed by atoms with E-state index in [4.69, 9.17) is 5.11 Å². The molecule has 5 nitrogen and oxygen atoms in total. The van der Waals surface area contributed by atoms with Crippen molar-refractivity contribution >= 4 is 27.4 Å². The molecule has 1 N–H and O–H groups in total. The zero-order valence-corrected chi connectivity index (χ0v) is 12.5. The van der Waals surface area contributed by atoms with Crippen molar-refractivity contribution in [3.8, 4) is 0 Å². The van der Waals surface area contributed by atoms with Gasteiger partial charge in [-0.3, -0.25) is 0 Å². The van der Waals surface area contributed by atoms with Crippen LogP contribution in [0.2, 0.25) is 0 Å². The Kier molecular flexibility index (Phi) is 4.14. The Bertz CT molecular complexity index is 565. The SMILES string of the molecule is CN(CCO)C1CCN(c2ncnc3sccc23)CC1. The van der Waals surface area contributed by atoms with E-state index < -0.39 is 0 Å². The van der Waals surface area contributed by atoms with E-state index in [1.807, 2.05) is 0 Å². The molecule has 2 aromatic rings. The minimum absolute atomic E-state index is 0.234. The van der Waals surface area contributed by atoms with Crippen LogP contribution >= 0.6 is 11.3 Å². The fourth-order valence-corrected chi connectivity index (χ4v) is 3.62. The Morgan fingerprint density at radius 1 is 1.40 bits per heavy atom. The van der Waals surface area contributed by atoms with Gasteiger partial charge in [-0.2, -0.15) is 0 Å². The first-order valence-electron chi connectivity index (χ1n) is 7.04. The minimum atomic E-state index is 0.234. The van der Waals surface area contributed by atoms with Gasteiger partial charge in [-0.05, 0) is 31.3 Å². The quantitative estimate of drug-likeness (QED) is 0.927. The number of hydrogen-bond acceptors (Lipinski definition) is 6. The molecule has 0 spiro atoms.